The van der Waals surface area contributed by atoms with Gasteiger partial charge in [-0.25, -0.2) is 4.98 Å². The third-order valence-electron chi connectivity index (χ3n) is 3.53. The molecule has 1 aliphatic rings. The Kier molecular flexibility index (Phi) is 4.09. The molecule has 0 unspecified atom stereocenters. The minimum absolute atomic E-state index is 0.808. The van der Waals surface area contributed by atoms with Crippen molar-refractivity contribution in [2.45, 2.75) is 36.7 Å². The van der Waals surface area contributed by atoms with Crippen LogP contribution in [0.1, 0.15) is 30.7 Å². The monoisotopic (exact) mass is 290 g/mol. The summed E-state index contributed by atoms with van der Waals surface area (Å²) in [6.07, 6.45) is 5.58. The quantitative estimate of drug-likeness (QED) is 0.838. The van der Waals surface area contributed by atoms with Crippen molar-refractivity contribution < 1.29 is 0 Å². The molecule has 2 N–H and O–H groups in total. The summed E-state index contributed by atoms with van der Waals surface area (Å²) in [5, 5.41) is 4.19. The molecule has 1 aromatic heterocycles. The van der Waals surface area contributed by atoms with Crippen molar-refractivity contribution in [3.05, 3.63) is 34.7 Å². The minimum atomic E-state index is 0.808. The first kappa shape index (κ1) is 13.0. The van der Waals surface area contributed by atoms with Gasteiger partial charge in [0.1, 0.15) is 5.01 Å². The van der Waals surface area contributed by atoms with Crippen LogP contribution in [0.4, 0.5) is 5.69 Å². The van der Waals surface area contributed by atoms with Gasteiger partial charge in [-0.15, -0.1) is 11.3 Å². The zero-order chi connectivity index (χ0) is 13.1. The Bertz CT molecular complexity index is 545. The van der Waals surface area contributed by atoms with Crippen molar-refractivity contribution in [3.8, 4) is 11.3 Å². The Morgan fingerprint density at radius 2 is 2.05 bits per heavy atom. The van der Waals surface area contributed by atoms with E-state index in [1.807, 2.05) is 24.3 Å². The van der Waals surface area contributed by atoms with Crippen LogP contribution in [0.3, 0.4) is 0 Å². The topological polar surface area (TPSA) is 38.9 Å². The minimum Gasteiger partial charge on any atom is -0.398 e. The van der Waals surface area contributed by atoms with E-state index in [4.69, 9.17) is 10.7 Å². The van der Waals surface area contributed by atoms with Crippen LogP contribution in [0, 0.1) is 0 Å². The van der Waals surface area contributed by atoms with Crippen LogP contribution < -0.4 is 5.73 Å². The number of benzene rings is 1. The molecule has 1 saturated carbocycles. The predicted octanol–water partition coefficient (Wildman–Crippen LogP) is 4.57. The van der Waals surface area contributed by atoms with Gasteiger partial charge in [-0.05, 0) is 18.9 Å². The summed E-state index contributed by atoms with van der Waals surface area (Å²) in [4.78, 5) is 4.72. The van der Waals surface area contributed by atoms with E-state index in [9.17, 15) is 0 Å². The second-order valence-corrected chi connectivity index (χ2v) is 7.16. The van der Waals surface area contributed by atoms with Crippen LogP contribution in [0.5, 0.6) is 0 Å². The highest BCUT2D eigenvalue weighted by Gasteiger charge is 2.16. The number of thiazole rings is 1. The van der Waals surface area contributed by atoms with Crippen LogP contribution >= 0.6 is 23.1 Å². The van der Waals surface area contributed by atoms with E-state index in [1.54, 1.807) is 11.3 Å². The Labute approximate surface area is 122 Å². The summed E-state index contributed by atoms with van der Waals surface area (Å²) in [7, 11) is 0. The van der Waals surface area contributed by atoms with E-state index in [0.717, 1.165) is 27.9 Å². The number of hydrogen-bond donors (Lipinski definition) is 1. The van der Waals surface area contributed by atoms with Gasteiger partial charge >= 0.3 is 0 Å². The largest absolute Gasteiger partial charge is 0.398 e. The second-order valence-electron chi connectivity index (χ2n) is 4.93. The average molecular weight is 290 g/mol. The van der Waals surface area contributed by atoms with Crippen molar-refractivity contribution in [2.75, 3.05) is 5.73 Å². The molecule has 4 heteroatoms. The number of thioether (sulfide) groups is 1. The normalized spacial score (nSPS) is 16.0. The Morgan fingerprint density at radius 3 is 2.84 bits per heavy atom. The Hall–Kier alpha value is -1.00. The average Bonchev–Trinajstić information content (AvgIpc) is 3.08. The molecule has 1 fully saturated rings. The number of para-hydroxylation sites is 1. The van der Waals surface area contributed by atoms with Crippen LogP contribution in [-0.4, -0.2) is 10.2 Å². The van der Waals surface area contributed by atoms with Crippen LogP contribution in [0.15, 0.2) is 29.6 Å². The molecule has 1 aliphatic carbocycles. The van der Waals surface area contributed by atoms with Gasteiger partial charge in [0.2, 0.25) is 0 Å². The first-order chi connectivity index (χ1) is 9.33. The first-order valence-electron chi connectivity index (χ1n) is 6.74. The van der Waals surface area contributed by atoms with E-state index in [2.05, 4.69) is 17.1 Å². The summed E-state index contributed by atoms with van der Waals surface area (Å²) in [6, 6.07) is 7.94. The third-order valence-corrected chi connectivity index (χ3v) is 5.95. The maximum absolute atomic E-state index is 5.99. The molecule has 0 spiro atoms. The zero-order valence-corrected chi connectivity index (χ0v) is 12.5. The molecule has 3 rings (SSSR count). The van der Waals surface area contributed by atoms with E-state index in [-0.39, 0.29) is 0 Å². The summed E-state index contributed by atoms with van der Waals surface area (Å²) in [6.45, 7) is 0. The van der Waals surface area contributed by atoms with Crippen molar-refractivity contribution in [2.24, 2.45) is 0 Å². The maximum Gasteiger partial charge on any atom is 0.103 e. The van der Waals surface area contributed by atoms with Gasteiger partial charge in [0.15, 0.2) is 0 Å². The molecule has 0 amide bonds. The first-order valence-corrected chi connectivity index (χ1v) is 8.66. The highest BCUT2D eigenvalue weighted by Crippen LogP contribution is 2.33. The molecule has 100 valence electrons. The highest BCUT2D eigenvalue weighted by molar-refractivity contribution is 7.99. The molecule has 2 nitrogen and oxygen atoms in total. The summed E-state index contributed by atoms with van der Waals surface area (Å²) in [5.41, 5.74) is 8.87. The predicted molar refractivity (Wildman–Crippen MR) is 85.5 cm³/mol. The lowest BCUT2D eigenvalue weighted by atomic mass is 10.1. The number of aromatic nitrogens is 1. The lowest BCUT2D eigenvalue weighted by molar-refractivity contribution is 0.886. The number of anilines is 1. The lowest BCUT2D eigenvalue weighted by Crippen LogP contribution is -1.94. The van der Waals surface area contributed by atoms with Crippen molar-refractivity contribution in [3.63, 3.8) is 0 Å². The summed E-state index contributed by atoms with van der Waals surface area (Å²) < 4.78 is 0. The van der Waals surface area contributed by atoms with Crippen LogP contribution in [0.2, 0.25) is 0 Å². The van der Waals surface area contributed by atoms with Crippen molar-refractivity contribution >= 4 is 28.8 Å². The molecule has 0 bridgehead atoms. The third kappa shape index (κ3) is 3.12. The van der Waals surface area contributed by atoms with E-state index in [0.29, 0.717) is 0 Å². The van der Waals surface area contributed by atoms with Crippen molar-refractivity contribution in [1.82, 2.24) is 4.98 Å². The van der Waals surface area contributed by atoms with E-state index < -0.39 is 0 Å². The number of hydrogen-bond acceptors (Lipinski definition) is 4. The maximum atomic E-state index is 5.99. The van der Waals surface area contributed by atoms with Gasteiger partial charge < -0.3 is 5.73 Å². The van der Waals surface area contributed by atoms with E-state index >= 15 is 0 Å². The number of nitrogen functional groups attached to an aromatic ring is 1. The molecule has 0 aliphatic heterocycles. The standard InChI is InChI=1S/C15H18N2S2/c16-13-8-4-3-7-12(13)14-9-19-15(17-14)10-18-11-5-1-2-6-11/h3-4,7-9,11H,1-2,5-6,10,16H2. The van der Waals surface area contributed by atoms with Gasteiger partial charge in [-0.3, -0.25) is 0 Å². The van der Waals surface area contributed by atoms with Gasteiger partial charge in [0, 0.05) is 27.6 Å². The molecular weight excluding hydrogens is 272 g/mol. The molecule has 0 atom stereocenters. The Morgan fingerprint density at radius 1 is 1.26 bits per heavy atom. The SMILES string of the molecule is Nc1ccccc1-c1csc(CSC2CCCC2)n1. The molecule has 0 saturated heterocycles. The molecule has 1 heterocycles. The molecule has 1 aromatic carbocycles. The molecule has 0 radical (unpaired) electrons. The lowest BCUT2D eigenvalue weighted by Gasteiger charge is -2.06. The number of nitrogens with two attached hydrogens (primary N) is 1. The van der Waals surface area contributed by atoms with Gasteiger partial charge in [0.05, 0.1) is 5.69 Å². The number of nitrogens with zero attached hydrogens (tertiary/aromatic N) is 1. The van der Waals surface area contributed by atoms with Gasteiger partial charge in [-0.1, -0.05) is 31.0 Å². The van der Waals surface area contributed by atoms with Crippen LogP contribution in [-0.2, 0) is 5.75 Å². The van der Waals surface area contributed by atoms with Crippen molar-refractivity contribution in [1.29, 1.82) is 0 Å². The molecule has 2 aromatic rings. The van der Waals surface area contributed by atoms with Gasteiger partial charge in [-0.2, -0.15) is 11.8 Å². The zero-order valence-electron chi connectivity index (χ0n) is 10.8. The fourth-order valence-electron chi connectivity index (χ4n) is 2.48. The van der Waals surface area contributed by atoms with Crippen LogP contribution in [0.25, 0.3) is 11.3 Å². The summed E-state index contributed by atoms with van der Waals surface area (Å²) >= 11 is 3.82. The number of rotatable bonds is 4. The molecule has 19 heavy (non-hydrogen) atoms. The second kappa shape index (κ2) is 5.97. The smallest absolute Gasteiger partial charge is 0.103 e. The van der Waals surface area contributed by atoms with E-state index in [1.165, 1.54) is 30.7 Å². The fourth-order valence-corrected chi connectivity index (χ4v) is 4.64. The highest BCUT2D eigenvalue weighted by atomic mass is 32.2. The Balaban J connectivity index is 1.67. The van der Waals surface area contributed by atoms with Gasteiger partial charge in [0.25, 0.3) is 0 Å². The molecular formula is C15H18N2S2. The fraction of sp³-hybridized carbons (Fsp3) is 0.400. The summed E-state index contributed by atoms with van der Waals surface area (Å²) in [5.74, 6) is 1.04.